The van der Waals surface area contributed by atoms with E-state index >= 15 is 0 Å². The van der Waals surface area contributed by atoms with Crippen molar-refractivity contribution in [1.82, 2.24) is 10.2 Å². The van der Waals surface area contributed by atoms with Crippen LogP contribution in [0.3, 0.4) is 0 Å². The first-order valence-electron chi connectivity index (χ1n) is 6.62. The van der Waals surface area contributed by atoms with Crippen molar-refractivity contribution in [2.75, 3.05) is 7.11 Å². The number of nitrogens with one attached hydrogen (secondary N) is 1. The minimum atomic E-state index is -0.486. The van der Waals surface area contributed by atoms with Crippen LogP contribution in [0.2, 0.25) is 0 Å². The molecule has 0 aliphatic heterocycles. The SMILES string of the molecule is COc1ccc(-c2[nH]ncc2-c2oc(C)cc(=O)c2O)cc1. The first-order chi connectivity index (χ1) is 10.6. The molecule has 0 saturated heterocycles. The van der Waals surface area contributed by atoms with Gasteiger partial charge in [0.25, 0.3) is 0 Å². The summed E-state index contributed by atoms with van der Waals surface area (Å²) in [6, 6.07) is 8.56. The molecule has 0 unspecified atom stereocenters. The summed E-state index contributed by atoms with van der Waals surface area (Å²) in [5.74, 6) is 0.820. The van der Waals surface area contributed by atoms with Crippen LogP contribution < -0.4 is 10.2 Å². The van der Waals surface area contributed by atoms with Gasteiger partial charge >= 0.3 is 0 Å². The number of aromatic nitrogens is 2. The topological polar surface area (TPSA) is 88.4 Å². The predicted octanol–water partition coefficient (Wildman–Crippen LogP) is 2.72. The van der Waals surface area contributed by atoms with Gasteiger partial charge in [-0.25, -0.2) is 0 Å². The molecular weight excluding hydrogens is 284 g/mol. The van der Waals surface area contributed by atoms with Gasteiger partial charge in [-0.1, -0.05) is 0 Å². The Kier molecular flexibility index (Phi) is 3.42. The molecule has 0 aliphatic rings. The summed E-state index contributed by atoms with van der Waals surface area (Å²) in [5.41, 5.74) is 1.51. The number of H-pyrrole nitrogens is 1. The second-order valence-electron chi connectivity index (χ2n) is 4.79. The number of nitrogens with zero attached hydrogens (tertiary/aromatic N) is 1. The van der Waals surface area contributed by atoms with Crippen molar-refractivity contribution in [3.8, 4) is 34.1 Å². The van der Waals surface area contributed by atoms with E-state index in [4.69, 9.17) is 9.15 Å². The average molecular weight is 298 g/mol. The fraction of sp³-hybridized carbons (Fsp3) is 0.125. The summed E-state index contributed by atoms with van der Waals surface area (Å²) in [7, 11) is 1.59. The molecule has 0 bridgehead atoms. The molecule has 6 nitrogen and oxygen atoms in total. The molecule has 0 aliphatic carbocycles. The molecule has 112 valence electrons. The van der Waals surface area contributed by atoms with Gasteiger partial charge < -0.3 is 14.3 Å². The van der Waals surface area contributed by atoms with Crippen LogP contribution in [0.5, 0.6) is 11.5 Å². The van der Waals surface area contributed by atoms with E-state index < -0.39 is 11.2 Å². The number of aromatic amines is 1. The number of rotatable bonds is 3. The molecule has 3 aromatic rings. The highest BCUT2D eigenvalue weighted by molar-refractivity contribution is 5.80. The minimum absolute atomic E-state index is 0.101. The lowest BCUT2D eigenvalue weighted by atomic mass is 10.1. The van der Waals surface area contributed by atoms with Gasteiger partial charge in [0, 0.05) is 11.6 Å². The largest absolute Gasteiger partial charge is 0.502 e. The van der Waals surface area contributed by atoms with E-state index in [2.05, 4.69) is 10.2 Å². The first kappa shape index (κ1) is 13.9. The zero-order chi connectivity index (χ0) is 15.7. The fourth-order valence-electron chi connectivity index (χ4n) is 2.22. The number of methoxy groups -OCH3 is 1. The van der Waals surface area contributed by atoms with Crippen molar-refractivity contribution in [1.29, 1.82) is 0 Å². The quantitative estimate of drug-likeness (QED) is 0.776. The van der Waals surface area contributed by atoms with E-state index in [0.29, 0.717) is 17.0 Å². The van der Waals surface area contributed by atoms with Crippen LogP contribution in [0, 0.1) is 6.92 Å². The molecule has 2 aromatic heterocycles. The van der Waals surface area contributed by atoms with E-state index in [1.54, 1.807) is 14.0 Å². The Morgan fingerprint density at radius 1 is 1.27 bits per heavy atom. The standard InChI is InChI=1S/C16H14N2O4/c1-9-7-13(19)15(20)16(22-9)12-8-17-18-14(12)10-3-5-11(21-2)6-4-10/h3-8,20H,1-2H3,(H,17,18). The Balaban J connectivity index is 2.15. The molecule has 0 fully saturated rings. The Bertz CT molecular complexity index is 863. The van der Waals surface area contributed by atoms with E-state index in [1.807, 2.05) is 24.3 Å². The van der Waals surface area contributed by atoms with Gasteiger partial charge in [-0.05, 0) is 31.2 Å². The van der Waals surface area contributed by atoms with Gasteiger partial charge in [-0.15, -0.1) is 0 Å². The number of benzene rings is 1. The minimum Gasteiger partial charge on any atom is -0.502 e. The van der Waals surface area contributed by atoms with Crippen LogP contribution in [0.4, 0.5) is 0 Å². The molecule has 22 heavy (non-hydrogen) atoms. The van der Waals surface area contributed by atoms with Gasteiger partial charge in [0.05, 0.1) is 24.6 Å². The Morgan fingerprint density at radius 3 is 2.68 bits per heavy atom. The average Bonchev–Trinajstić information content (AvgIpc) is 3.00. The van der Waals surface area contributed by atoms with Crippen molar-refractivity contribution < 1.29 is 14.3 Å². The molecule has 0 saturated carbocycles. The van der Waals surface area contributed by atoms with Crippen LogP contribution in [-0.2, 0) is 0 Å². The van der Waals surface area contributed by atoms with Crippen LogP contribution >= 0.6 is 0 Å². The Labute approximate surface area is 126 Å². The maximum atomic E-state index is 11.7. The molecule has 0 spiro atoms. The monoisotopic (exact) mass is 298 g/mol. The molecule has 1 aromatic carbocycles. The Hall–Kier alpha value is -3.02. The third-order valence-electron chi connectivity index (χ3n) is 3.31. The van der Waals surface area contributed by atoms with Gasteiger partial charge in [0.2, 0.25) is 11.2 Å². The van der Waals surface area contributed by atoms with E-state index in [-0.39, 0.29) is 5.76 Å². The van der Waals surface area contributed by atoms with E-state index in [0.717, 1.165) is 11.3 Å². The summed E-state index contributed by atoms with van der Waals surface area (Å²) in [4.78, 5) is 11.7. The molecule has 3 rings (SSSR count). The molecular formula is C16H14N2O4. The Morgan fingerprint density at radius 2 is 2.00 bits per heavy atom. The lowest BCUT2D eigenvalue weighted by molar-refractivity contribution is 0.415. The lowest BCUT2D eigenvalue weighted by Gasteiger charge is -2.06. The normalized spacial score (nSPS) is 10.6. The summed E-state index contributed by atoms with van der Waals surface area (Å²) in [6.45, 7) is 1.65. The highest BCUT2D eigenvalue weighted by Crippen LogP contribution is 2.34. The highest BCUT2D eigenvalue weighted by Gasteiger charge is 2.18. The molecule has 0 radical (unpaired) electrons. The van der Waals surface area contributed by atoms with Gasteiger partial charge in [-0.3, -0.25) is 9.89 Å². The van der Waals surface area contributed by atoms with Crippen LogP contribution in [0.15, 0.2) is 45.7 Å². The number of ether oxygens (including phenoxy) is 1. The van der Waals surface area contributed by atoms with Crippen molar-refractivity contribution in [2.24, 2.45) is 0 Å². The highest BCUT2D eigenvalue weighted by atomic mass is 16.5. The maximum Gasteiger partial charge on any atom is 0.227 e. The van der Waals surface area contributed by atoms with Gasteiger partial charge in [0.15, 0.2) is 5.76 Å². The number of hydrogen-bond acceptors (Lipinski definition) is 5. The van der Waals surface area contributed by atoms with Crippen molar-refractivity contribution in [2.45, 2.75) is 6.92 Å². The van der Waals surface area contributed by atoms with Crippen molar-refractivity contribution >= 4 is 0 Å². The number of hydrogen-bond donors (Lipinski definition) is 2. The first-order valence-corrected chi connectivity index (χ1v) is 6.62. The van der Waals surface area contributed by atoms with Crippen LogP contribution in [0.1, 0.15) is 5.76 Å². The second-order valence-corrected chi connectivity index (χ2v) is 4.79. The molecule has 0 amide bonds. The van der Waals surface area contributed by atoms with Gasteiger partial charge in [-0.2, -0.15) is 5.10 Å². The van der Waals surface area contributed by atoms with Crippen molar-refractivity contribution in [3.63, 3.8) is 0 Å². The van der Waals surface area contributed by atoms with Gasteiger partial charge in [0.1, 0.15) is 11.5 Å². The molecule has 0 atom stereocenters. The summed E-state index contributed by atoms with van der Waals surface area (Å²) >= 11 is 0. The van der Waals surface area contributed by atoms with E-state index in [9.17, 15) is 9.90 Å². The smallest absolute Gasteiger partial charge is 0.227 e. The predicted molar refractivity (Wildman–Crippen MR) is 80.9 cm³/mol. The third-order valence-corrected chi connectivity index (χ3v) is 3.31. The molecule has 2 heterocycles. The van der Waals surface area contributed by atoms with Crippen molar-refractivity contribution in [3.05, 3.63) is 52.5 Å². The molecule has 2 N–H and O–H groups in total. The fourth-order valence-corrected chi connectivity index (χ4v) is 2.22. The maximum absolute atomic E-state index is 11.7. The summed E-state index contributed by atoms with van der Waals surface area (Å²) in [6.07, 6.45) is 1.51. The molecule has 6 heteroatoms. The number of aromatic hydroxyl groups is 1. The van der Waals surface area contributed by atoms with Crippen LogP contribution in [-0.4, -0.2) is 22.4 Å². The van der Waals surface area contributed by atoms with Crippen LogP contribution in [0.25, 0.3) is 22.6 Å². The number of aryl methyl sites for hydroxylation is 1. The lowest BCUT2D eigenvalue weighted by Crippen LogP contribution is -2.01. The zero-order valence-corrected chi connectivity index (χ0v) is 12.1. The zero-order valence-electron chi connectivity index (χ0n) is 12.1. The van der Waals surface area contributed by atoms with E-state index in [1.165, 1.54) is 12.3 Å². The summed E-state index contributed by atoms with van der Waals surface area (Å²) in [5, 5.41) is 16.8. The second kappa shape index (κ2) is 5.40. The third kappa shape index (κ3) is 2.35. The summed E-state index contributed by atoms with van der Waals surface area (Å²) < 4.78 is 10.6.